The van der Waals surface area contributed by atoms with Crippen LogP contribution in [0.15, 0.2) is 30.3 Å². The van der Waals surface area contributed by atoms with E-state index in [-0.39, 0.29) is 11.7 Å². The molecule has 1 atom stereocenters. The van der Waals surface area contributed by atoms with Crippen LogP contribution in [0.5, 0.6) is 5.75 Å². The van der Waals surface area contributed by atoms with E-state index >= 15 is 0 Å². The maximum atomic E-state index is 11.4. The quantitative estimate of drug-likeness (QED) is 0.782. The first-order chi connectivity index (χ1) is 8.79. The highest BCUT2D eigenvalue weighted by molar-refractivity contribution is 5.69. The number of phenolic OH excluding ortho intramolecular Hbond substituents is 1. The molecule has 1 heterocycles. The minimum Gasteiger partial charge on any atom is -0.508 e. The van der Waals surface area contributed by atoms with Gasteiger partial charge in [0.15, 0.2) is 0 Å². The maximum Gasteiger partial charge on any atom is 0.410 e. The molecule has 0 spiro atoms. The number of hydrogen-bond donors (Lipinski definition) is 1. The smallest absolute Gasteiger partial charge is 0.410 e. The molecule has 2 rings (SSSR count). The minimum atomic E-state index is -0.369. The molecule has 0 radical (unpaired) electrons. The van der Waals surface area contributed by atoms with Gasteiger partial charge in [0.25, 0.3) is 0 Å². The van der Waals surface area contributed by atoms with Crippen molar-refractivity contribution in [2.45, 2.75) is 45.8 Å². The van der Waals surface area contributed by atoms with Crippen LogP contribution in [0.2, 0.25) is 0 Å². The Labute approximate surface area is 115 Å². The van der Waals surface area contributed by atoms with Crippen LogP contribution in [-0.2, 0) is 4.74 Å². The summed E-state index contributed by atoms with van der Waals surface area (Å²) in [6, 6.07) is 9.07. The van der Waals surface area contributed by atoms with E-state index in [2.05, 4.69) is 0 Å². The standard InChI is InChI=1S/C9H17NO2.C6H6O/c1-7-5-6-10(7)8(11)12-9(2,3)4;7-6-4-2-1-3-5-6/h7H,5-6H2,1-4H3;1-5,7H/t7-;/m0./s1. The molecule has 1 fully saturated rings. The Hall–Kier alpha value is -1.71. The summed E-state index contributed by atoms with van der Waals surface area (Å²) in [4.78, 5) is 13.1. The number of hydrogen-bond acceptors (Lipinski definition) is 3. The number of benzene rings is 1. The molecule has 1 aromatic carbocycles. The fourth-order valence-electron chi connectivity index (χ4n) is 1.54. The van der Waals surface area contributed by atoms with Crippen LogP contribution in [0.1, 0.15) is 34.1 Å². The van der Waals surface area contributed by atoms with Crippen molar-refractivity contribution in [2.24, 2.45) is 0 Å². The normalized spacial score (nSPS) is 17.9. The number of nitrogens with zero attached hydrogens (tertiary/aromatic N) is 1. The summed E-state index contributed by atoms with van der Waals surface area (Å²) in [5.41, 5.74) is -0.369. The second-order valence-electron chi connectivity index (χ2n) is 5.65. The van der Waals surface area contributed by atoms with Crippen molar-refractivity contribution in [3.63, 3.8) is 0 Å². The monoisotopic (exact) mass is 265 g/mol. The Morgan fingerprint density at radius 2 is 1.89 bits per heavy atom. The molecule has 4 nitrogen and oxygen atoms in total. The van der Waals surface area contributed by atoms with Crippen molar-refractivity contribution >= 4 is 6.09 Å². The molecular weight excluding hydrogens is 242 g/mol. The van der Waals surface area contributed by atoms with E-state index < -0.39 is 0 Å². The average molecular weight is 265 g/mol. The van der Waals surface area contributed by atoms with E-state index in [1.165, 1.54) is 0 Å². The summed E-state index contributed by atoms with van der Waals surface area (Å²) < 4.78 is 5.20. The van der Waals surface area contributed by atoms with E-state index in [4.69, 9.17) is 9.84 Å². The van der Waals surface area contributed by atoms with Gasteiger partial charge in [0.1, 0.15) is 11.4 Å². The fraction of sp³-hybridized carbons (Fsp3) is 0.533. The van der Waals surface area contributed by atoms with Crippen LogP contribution in [0, 0.1) is 0 Å². The summed E-state index contributed by atoms with van der Waals surface area (Å²) in [6.07, 6.45) is 0.917. The molecule has 1 aromatic rings. The zero-order valence-electron chi connectivity index (χ0n) is 12.1. The van der Waals surface area contributed by atoms with E-state index in [9.17, 15) is 4.79 Å². The number of ether oxygens (including phenoxy) is 1. The van der Waals surface area contributed by atoms with Crippen LogP contribution >= 0.6 is 0 Å². The van der Waals surface area contributed by atoms with Crippen LogP contribution in [0.25, 0.3) is 0 Å². The summed E-state index contributed by atoms with van der Waals surface area (Å²) in [7, 11) is 0. The summed E-state index contributed by atoms with van der Waals surface area (Å²) in [5.74, 6) is 0.322. The lowest BCUT2D eigenvalue weighted by atomic mass is 10.1. The first kappa shape index (κ1) is 15.3. The van der Waals surface area contributed by atoms with Crippen LogP contribution < -0.4 is 0 Å². The zero-order chi connectivity index (χ0) is 14.5. The van der Waals surface area contributed by atoms with Gasteiger partial charge in [-0.1, -0.05) is 18.2 Å². The van der Waals surface area contributed by atoms with Crippen molar-refractivity contribution in [2.75, 3.05) is 6.54 Å². The number of carbonyl (C=O) groups is 1. The molecular formula is C15H23NO3. The van der Waals surface area contributed by atoms with Gasteiger partial charge in [-0.3, -0.25) is 0 Å². The Morgan fingerprint density at radius 1 is 1.32 bits per heavy atom. The Balaban J connectivity index is 0.000000218. The van der Waals surface area contributed by atoms with Crippen LogP contribution in [0.3, 0.4) is 0 Å². The Morgan fingerprint density at radius 3 is 2.16 bits per heavy atom. The van der Waals surface area contributed by atoms with E-state index in [1.54, 1.807) is 29.2 Å². The lowest BCUT2D eigenvalue weighted by molar-refractivity contribution is -0.00172. The minimum absolute atomic E-state index is 0.179. The largest absolute Gasteiger partial charge is 0.508 e. The highest BCUT2D eigenvalue weighted by atomic mass is 16.6. The van der Waals surface area contributed by atoms with Crippen molar-refractivity contribution < 1.29 is 14.6 Å². The third-order valence-corrected chi connectivity index (χ3v) is 2.70. The number of aromatic hydroxyl groups is 1. The molecule has 0 bridgehead atoms. The lowest BCUT2D eigenvalue weighted by Crippen LogP contribution is -2.51. The van der Waals surface area contributed by atoms with Gasteiger partial charge in [-0.05, 0) is 46.2 Å². The molecule has 106 valence electrons. The number of amides is 1. The highest BCUT2D eigenvalue weighted by Crippen LogP contribution is 2.20. The van der Waals surface area contributed by atoms with Gasteiger partial charge in [-0.25, -0.2) is 4.79 Å². The third kappa shape index (κ3) is 5.64. The van der Waals surface area contributed by atoms with Crippen molar-refractivity contribution in [3.05, 3.63) is 30.3 Å². The lowest BCUT2D eigenvalue weighted by Gasteiger charge is -2.39. The fourth-order valence-corrected chi connectivity index (χ4v) is 1.54. The number of phenols is 1. The van der Waals surface area contributed by atoms with Crippen molar-refractivity contribution in [3.8, 4) is 5.75 Å². The Kier molecular flexibility index (Phi) is 5.21. The first-order valence-electron chi connectivity index (χ1n) is 6.53. The van der Waals surface area contributed by atoms with Gasteiger partial charge in [0.2, 0.25) is 0 Å². The molecule has 19 heavy (non-hydrogen) atoms. The van der Waals surface area contributed by atoms with Crippen LogP contribution in [-0.4, -0.2) is 34.3 Å². The molecule has 4 heteroatoms. The van der Waals surface area contributed by atoms with Gasteiger partial charge in [-0.2, -0.15) is 0 Å². The molecule has 1 aliphatic rings. The average Bonchev–Trinajstić information content (AvgIpc) is 2.26. The molecule has 0 aliphatic carbocycles. The molecule has 1 N–H and O–H groups in total. The topological polar surface area (TPSA) is 49.8 Å². The van der Waals surface area contributed by atoms with Gasteiger partial charge < -0.3 is 14.7 Å². The Bertz CT molecular complexity index is 398. The molecule has 1 aliphatic heterocycles. The molecule has 1 saturated heterocycles. The predicted molar refractivity (Wildman–Crippen MR) is 75.1 cm³/mol. The SMILES string of the molecule is C[C@H]1CCN1C(=O)OC(C)(C)C.Oc1ccccc1. The van der Waals surface area contributed by atoms with Crippen LogP contribution in [0.4, 0.5) is 4.79 Å². The van der Waals surface area contributed by atoms with Gasteiger partial charge in [-0.15, -0.1) is 0 Å². The number of carbonyl (C=O) groups excluding carboxylic acids is 1. The van der Waals surface area contributed by atoms with E-state index in [1.807, 2.05) is 33.8 Å². The number of likely N-dealkylation sites (tertiary alicyclic amines) is 1. The van der Waals surface area contributed by atoms with Crippen molar-refractivity contribution in [1.82, 2.24) is 4.90 Å². The number of para-hydroxylation sites is 1. The first-order valence-corrected chi connectivity index (χ1v) is 6.53. The summed E-state index contributed by atoms with van der Waals surface area (Å²) in [6.45, 7) is 8.53. The second kappa shape index (κ2) is 6.45. The maximum absolute atomic E-state index is 11.4. The van der Waals surface area contributed by atoms with E-state index in [0.717, 1.165) is 13.0 Å². The van der Waals surface area contributed by atoms with Gasteiger partial charge in [0, 0.05) is 12.6 Å². The second-order valence-corrected chi connectivity index (χ2v) is 5.65. The highest BCUT2D eigenvalue weighted by Gasteiger charge is 2.31. The summed E-state index contributed by atoms with van der Waals surface area (Å²) in [5, 5.41) is 8.63. The van der Waals surface area contributed by atoms with E-state index in [0.29, 0.717) is 11.8 Å². The summed E-state index contributed by atoms with van der Waals surface area (Å²) >= 11 is 0. The van der Waals surface area contributed by atoms with Gasteiger partial charge >= 0.3 is 6.09 Å². The molecule has 1 amide bonds. The zero-order valence-corrected chi connectivity index (χ0v) is 12.1. The molecule has 0 unspecified atom stereocenters. The van der Waals surface area contributed by atoms with Gasteiger partial charge in [0.05, 0.1) is 0 Å². The number of rotatable bonds is 0. The molecule has 0 aromatic heterocycles. The molecule has 0 saturated carbocycles. The predicted octanol–water partition coefficient (Wildman–Crippen LogP) is 3.41. The third-order valence-electron chi connectivity index (χ3n) is 2.70. The van der Waals surface area contributed by atoms with Crippen molar-refractivity contribution in [1.29, 1.82) is 0 Å².